The molecule has 0 radical (unpaired) electrons. The number of anilines is 2. The van der Waals surface area contributed by atoms with Gasteiger partial charge in [0.25, 0.3) is 0 Å². The Kier molecular flexibility index (Phi) is 3.59. The zero-order chi connectivity index (χ0) is 13.9. The number of benzene rings is 1. The molecule has 1 saturated heterocycles. The van der Waals surface area contributed by atoms with Crippen LogP contribution in [0.5, 0.6) is 0 Å². The maximum absolute atomic E-state index is 5.83. The van der Waals surface area contributed by atoms with Gasteiger partial charge < -0.3 is 10.6 Å². The van der Waals surface area contributed by atoms with Crippen LogP contribution in [0.1, 0.15) is 29.9 Å². The maximum Gasteiger partial charge on any atom is 0.0503 e. The number of nitrogens with zero attached hydrogens (tertiary/aromatic N) is 2. The van der Waals surface area contributed by atoms with Crippen LogP contribution in [0.25, 0.3) is 0 Å². The van der Waals surface area contributed by atoms with Gasteiger partial charge in [-0.2, -0.15) is 0 Å². The molecule has 0 bridgehead atoms. The number of nitrogen functional groups attached to an aromatic ring is 1. The Labute approximate surface area is 120 Å². The predicted octanol–water partition coefficient (Wildman–Crippen LogP) is 3.36. The number of rotatable bonds is 2. The highest BCUT2D eigenvalue weighted by atomic mass is 15.1. The summed E-state index contributed by atoms with van der Waals surface area (Å²) in [6, 6.07) is 10.8. The molecule has 1 fully saturated rings. The number of nitrogens with two attached hydrogens (primary N) is 1. The molecule has 0 amide bonds. The monoisotopic (exact) mass is 267 g/mol. The number of hydrogen-bond donors (Lipinski definition) is 1. The van der Waals surface area contributed by atoms with E-state index in [9.17, 15) is 0 Å². The van der Waals surface area contributed by atoms with E-state index in [1.54, 1.807) is 6.20 Å². The second-order valence-corrected chi connectivity index (χ2v) is 5.65. The van der Waals surface area contributed by atoms with Crippen molar-refractivity contribution in [3.8, 4) is 0 Å². The lowest BCUT2D eigenvalue weighted by molar-refractivity contribution is 0.504. The first-order valence-corrected chi connectivity index (χ1v) is 7.24. The highest BCUT2D eigenvalue weighted by Gasteiger charge is 2.21. The van der Waals surface area contributed by atoms with E-state index < -0.39 is 0 Å². The first kappa shape index (κ1) is 13.0. The minimum atomic E-state index is 0.590. The third kappa shape index (κ3) is 2.77. The summed E-state index contributed by atoms with van der Waals surface area (Å²) in [5.41, 5.74) is 10.5. The zero-order valence-corrected chi connectivity index (χ0v) is 11.9. The van der Waals surface area contributed by atoms with Crippen molar-refractivity contribution in [2.75, 3.05) is 23.7 Å². The van der Waals surface area contributed by atoms with Crippen LogP contribution in [0, 0.1) is 6.92 Å². The predicted molar refractivity (Wildman–Crippen MR) is 84.0 cm³/mol. The molecule has 1 aliphatic heterocycles. The van der Waals surface area contributed by atoms with Crippen molar-refractivity contribution in [3.05, 3.63) is 53.9 Å². The first-order chi connectivity index (χ1) is 9.72. The second-order valence-electron chi connectivity index (χ2n) is 5.65. The van der Waals surface area contributed by atoms with Crippen LogP contribution < -0.4 is 10.6 Å². The summed E-state index contributed by atoms with van der Waals surface area (Å²) in [7, 11) is 0. The second kappa shape index (κ2) is 5.53. The summed E-state index contributed by atoms with van der Waals surface area (Å²) >= 11 is 0. The van der Waals surface area contributed by atoms with E-state index in [1.165, 1.54) is 29.7 Å². The third-order valence-electron chi connectivity index (χ3n) is 4.11. The lowest BCUT2D eigenvalue weighted by atomic mass is 9.90. The number of pyridine rings is 1. The van der Waals surface area contributed by atoms with Gasteiger partial charge in [-0.1, -0.05) is 12.1 Å². The lowest BCUT2D eigenvalue weighted by Crippen LogP contribution is -2.32. The molecule has 0 atom stereocenters. The highest BCUT2D eigenvalue weighted by Crippen LogP contribution is 2.30. The Balaban J connectivity index is 1.68. The van der Waals surface area contributed by atoms with Gasteiger partial charge in [0.05, 0.1) is 5.69 Å². The molecule has 1 aromatic heterocycles. The fourth-order valence-corrected chi connectivity index (χ4v) is 3.00. The van der Waals surface area contributed by atoms with Crippen molar-refractivity contribution in [2.45, 2.75) is 25.7 Å². The Morgan fingerprint density at radius 2 is 1.95 bits per heavy atom. The Morgan fingerprint density at radius 3 is 2.65 bits per heavy atom. The van der Waals surface area contributed by atoms with E-state index in [0.717, 1.165) is 18.8 Å². The summed E-state index contributed by atoms with van der Waals surface area (Å²) < 4.78 is 0. The molecule has 3 rings (SSSR count). The number of aryl methyl sites for hydroxylation is 1. The van der Waals surface area contributed by atoms with Gasteiger partial charge in [0, 0.05) is 31.2 Å². The Hall–Kier alpha value is -2.03. The molecule has 2 N–H and O–H groups in total. The molecule has 20 heavy (non-hydrogen) atoms. The molecule has 0 spiro atoms. The molecular formula is C17H21N3. The van der Waals surface area contributed by atoms with Crippen molar-refractivity contribution in [2.24, 2.45) is 0 Å². The molecule has 1 aromatic carbocycles. The van der Waals surface area contributed by atoms with Crippen LogP contribution >= 0.6 is 0 Å². The molecule has 104 valence electrons. The van der Waals surface area contributed by atoms with Crippen LogP contribution in [0.15, 0.2) is 42.7 Å². The van der Waals surface area contributed by atoms with Crippen molar-refractivity contribution in [1.29, 1.82) is 0 Å². The minimum absolute atomic E-state index is 0.590. The van der Waals surface area contributed by atoms with E-state index >= 15 is 0 Å². The first-order valence-electron chi connectivity index (χ1n) is 7.24. The van der Waals surface area contributed by atoms with Gasteiger partial charge in [-0.3, -0.25) is 4.98 Å². The SMILES string of the molecule is Cc1cccc(N2CCC(c3cncc(N)c3)CC2)c1. The standard InChI is InChI=1S/C17H21N3/c1-13-3-2-4-17(9-13)20-7-5-14(6-8-20)15-10-16(18)12-19-11-15/h2-4,9-12,14H,5-8,18H2,1H3. The molecule has 3 nitrogen and oxygen atoms in total. The molecule has 0 saturated carbocycles. The van der Waals surface area contributed by atoms with Crippen molar-refractivity contribution < 1.29 is 0 Å². The van der Waals surface area contributed by atoms with Gasteiger partial charge >= 0.3 is 0 Å². The van der Waals surface area contributed by atoms with E-state index in [0.29, 0.717) is 5.92 Å². The fraction of sp³-hybridized carbons (Fsp3) is 0.353. The smallest absolute Gasteiger partial charge is 0.0503 e. The van der Waals surface area contributed by atoms with Gasteiger partial charge in [0.1, 0.15) is 0 Å². The van der Waals surface area contributed by atoms with Crippen molar-refractivity contribution >= 4 is 11.4 Å². The van der Waals surface area contributed by atoms with Crippen molar-refractivity contribution in [3.63, 3.8) is 0 Å². The van der Waals surface area contributed by atoms with Gasteiger partial charge in [-0.05, 0) is 55.0 Å². The molecule has 3 heteroatoms. The summed E-state index contributed by atoms with van der Waals surface area (Å²) in [4.78, 5) is 6.69. The van der Waals surface area contributed by atoms with E-state index in [2.05, 4.69) is 47.1 Å². The van der Waals surface area contributed by atoms with E-state index in [4.69, 9.17) is 5.73 Å². The van der Waals surface area contributed by atoms with E-state index in [1.807, 2.05) is 6.20 Å². The van der Waals surface area contributed by atoms with Gasteiger partial charge in [0.15, 0.2) is 0 Å². The van der Waals surface area contributed by atoms with Crippen molar-refractivity contribution in [1.82, 2.24) is 4.98 Å². The number of hydrogen-bond acceptors (Lipinski definition) is 3. The summed E-state index contributed by atoms with van der Waals surface area (Å²) in [5, 5.41) is 0. The molecular weight excluding hydrogens is 246 g/mol. The maximum atomic E-state index is 5.83. The zero-order valence-electron chi connectivity index (χ0n) is 11.9. The summed E-state index contributed by atoms with van der Waals surface area (Å²) in [5.74, 6) is 0.590. The molecule has 2 aromatic rings. The van der Waals surface area contributed by atoms with Crippen LogP contribution in [0.3, 0.4) is 0 Å². The Bertz CT molecular complexity index is 533. The normalized spacial score (nSPS) is 16.4. The quantitative estimate of drug-likeness (QED) is 0.907. The average Bonchev–Trinajstić information content (AvgIpc) is 2.47. The summed E-state index contributed by atoms with van der Waals surface area (Å²) in [6.45, 7) is 4.35. The topological polar surface area (TPSA) is 42.2 Å². The van der Waals surface area contributed by atoms with Gasteiger partial charge in [-0.15, -0.1) is 0 Å². The highest BCUT2D eigenvalue weighted by molar-refractivity contribution is 5.49. The number of piperidine rings is 1. The summed E-state index contributed by atoms with van der Waals surface area (Å²) in [6.07, 6.45) is 6.01. The number of aromatic nitrogens is 1. The van der Waals surface area contributed by atoms with Crippen LogP contribution in [0.4, 0.5) is 11.4 Å². The molecule has 1 aliphatic rings. The van der Waals surface area contributed by atoms with E-state index in [-0.39, 0.29) is 0 Å². The molecule has 0 unspecified atom stereocenters. The van der Waals surface area contributed by atoms with Crippen LogP contribution in [0.2, 0.25) is 0 Å². The minimum Gasteiger partial charge on any atom is -0.397 e. The fourth-order valence-electron chi connectivity index (χ4n) is 3.00. The van der Waals surface area contributed by atoms with Gasteiger partial charge in [0.2, 0.25) is 0 Å². The Morgan fingerprint density at radius 1 is 1.15 bits per heavy atom. The third-order valence-corrected chi connectivity index (χ3v) is 4.11. The van der Waals surface area contributed by atoms with Gasteiger partial charge in [-0.25, -0.2) is 0 Å². The average molecular weight is 267 g/mol. The largest absolute Gasteiger partial charge is 0.397 e. The van der Waals surface area contributed by atoms with Crippen LogP contribution in [-0.2, 0) is 0 Å². The lowest BCUT2D eigenvalue weighted by Gasteiger charge is -2.34. The molecule has 2 heterocycles. The van der Waals surface area contributed by atoms with Crippen LogP contribution in [-0.4, -0.2) is 18.1 Å². The molecule has 0 aliphatic carbocycles.